The average Bonchev–Trinajstić information content (AvgIpc) is 2.75. The van der Waals surface area contributed by atoms with E-state index in [0.717, 1.165) is 28.3 Å². The third-order valence-corrected chi connectivity index (χ3v) is 15.3. The first-order valence-corrected chi connectivity index (χ1v) is 16.5. The summed E-state index contributed by atoms with van der Waals surface area (Å²) in [5.74, 6) is 0. The minimum Gasteiger partial charge on any atom is -0.396 e. The largest absolute Gasteiger partial charge is 0.396 e. The summed E-state index contributed by atoms with van der Waals surface area (Å²) in [6, 6.07) is 16.6. The van der Waals surface area contributed by atoms with E-state index in [1.54, 1.807) is 5.19 Å². The smallest absolute Gasteiger partial charge is 0.282 e. The molecule has 2 N–H and O–H groups in total. The molecule has 33 heavy (non-hydrogen) atoms. The second-order valence-corrected chi connectivity index (χ2v) is 19.3. The number of rotatable bonds is 10. The second-order valence-electron chi connectivity index (χ2n) is 10.5. The Morgan fingerprint density at radius 1 is 0.667 bits per heavy atom. The lowest BCUT2D eigenvalue weighted by atomic mass is 10.2. The van der Waals surface area contributed by atoms with Crippen LogP contribution in [0.25, 0.3) is 0 Å². The van der Waals surface area contributed by atoms with Crippen molar-refractivity contribution in [1.29, 1.82) is 0 Å². The molecule has 0 aliphatic heterocycles. The molecule has 0 radical (unpaired) electrons. The van der Waals surface area contributed by atoms with Crippen LogP contribution in [0.5, 0.6) is 0 Å². The van der Waals surface area contributed by atoms with Crippen molar-refractivity contribution in [2.45, 2.75) is 90.4 Å². The molecule has 2 nitrogen and oxygen atoms in total. The van der Waals surface area contributed by atoms with Gasteiger partial charge in [-0.05, 0) is 51.3 Å². The van der Waals surface area contributed by atoms with Crippen LogP contribution in [0.1, 0.15) is 66.5 Å². The third-order valence-electron chi connectivity index (χ3n) is 6.68. The zero-order valence-corrected chi connectivity index (χ0v) is 24.3. The van der Waals surface area contributed by atoms with Crippen LogP contribution in [-0.4, -0.2) is 40.6 Å². The summed E-state index contributed by atoms with van der Waals surface area (Å²) in [6.07, 6.45) is 1.42. The van der Waals surface area contributed by atoms with Crippen molar-refractivity contribution in [3.63, 3.8) is 0 Å². The lowest BCUT2D eigenvalue weighted by molar-refractivity contribution is 0.299. The highest BCUT2D eigenvalue weighted by atomic mass is 28.4. The number of halogens is 1. The first-order valence-electron chi connectivity index (χ1n) is 12.6. The number of hydrogen-bond donors (Lipinski definition) is 2. The average molecular weight is 491 g/mol. The summed E-state index contributed by atoms with van der Waals surface area (Å²) in [6.45, 7) is 17.7. The zero-order chi connectivity index (χ0) is 25.2. The Kier molecular flexibility index (Phi) is 12.8. The first-order chi connectivity index (χ1) is 15.5. The molecule has 0 unspecified atom stereocenters. The summed E-state index contributed by atoms with van der Waals surface area (Å²) in [5, 5.41) is 20.2. The van der Waals surface area contributed by atoms with E-state index in [1.807, 2.05) is 52.0 Å². The maximum Gasteiger partial charge on any atom is 0.282 e. The van der Waals surface area contributed by atoms with Gasteiger partial charge in [0.1, 0.15) is 0 Å². The van der Waals surface area contributed by atoms with Crippen LogP contribution in [0, 0.1) is 0 Å². The molecule has 0 saturated heterocycles. The molecule has 0 heterocycles. The SMILES string of the molecule is CC(C)[SiH](c1ccc(CCO)cc1)C(C)C.CC(C)[Si](F)(c1ccc(CCO)cc1)C(C)C. The summed E-state index contributed by atoms with van der Waals surface area (Å²) in [4.78, 5) is 0. The summed E-state index contributed by atoms with van der Waals surface area (Å²) >= 11 is 0. The lowest BCUT2D eigenvalue weighted by Crippen LogP contribution is -2.49. The summed E-state index contributed by atoms with van der Waals surface area (Å²) < 4.78 is 15.2. The van der Waals surface area contributed by atoms with Crippen LogP contribution in [0.4, 0.5) is 4.11 Å². The van der Waals surface area contributed by atoms with Crippen molar-refractivity contribution in [2.24, 2.45) is 0 Å². The monoisotopic (exact) mass is 490 g/mol. The van der Waals surface area contributed by atoms with Gasteiger partial charge < -0.3 is 14.3 Å². The van der Waals surface area contributed by atoms with E-state index in [4.69, 9.17) is 10.2 Å². The first kappa shape index (κ1) is 29.8. The quantitative estimate of drug-likeness (QED) is 0.334. The van der Waals surface area contributed by atoms with E-state index in [0.29, 0.717) is 6.42 Å². The zero-order valence-electron chi connectivity index (χ0n) is 22.1. The van der Waals surface area contributed by atoms with E-state index in [9.17, 15) is 0 Å². The fraction of sp³-hybridized carbons (Fsp3) is 0.571. The van der Waals surface area contributed by atoms with Gasteiger partial charge >= 0.3 is 0 Å². The molecule has 2 aromatic carbocycles. The molecule has 2 aromatic rings. The number of hydrogen-bond acceptors (Lipinski definition) is 2. The number of benzene rings is 2. The Hall–Kier alpha value is -1.28. The normalized spacial score (nSPS) is 12.1. The molecular formula is C28H47FO2Si2. The fourth-order valence-corrected chi connectivity index (χ4v) is 12.0. The van der Waals surface area contributed by atoms with Gasteiger partial charge in [-0.2, -0.15) is 0 Å². The van der Waals surface area contributed by atoms with Gasteiger partial charge in [0.05, 0.1) is 8.80 Å². The Labute approximate surface area is 205 Å². The topological polar surface area (TPSA) is 40.5 Å². The maximum atomic E-state index is 15.2. The predicted octanol–water partition coefficient (Wildman–Crippen LogP) is 5.64. The molecule has 0 aliphatic rings. The van der Waals surface area contributed by atoms with Gasteiger partial charge in [0, 0.05) is 13.2 Å². The minimum atomic E-state index is -2.89. The Bertz CT molecular complexity index is 771. The summed E-state index contributed by atoms with van der Waals surface area (Å²) in [7, 11) is -3.73. The number of aliphatic hydroxyl groups excluding tert-OH is 2. The van der Waals surface area contributed by atoms with Crippen LogP contribution in [0.3, 0.4) is 0 Å². The molecule has 0 aliphatic carbocycles. The van der Waals surface area contributed by atoms with Crippen molar-refractivity contribution in [3.05, 3.63) is 59.7 Å². The minimum absolute atomic E-state index is 0.0891. The van der Waals surface area contributed by atoms with Gasteiger partial charge in [0.2, 0.25) is 0 Å². The van der Waals surface area contributed by atoms with Crippen molar-refractivity contribution in [1.82, 2.24) is 0 Å². The second kappa shape index (κ2) is 14.2. The van der Waals surface area contributed by atoms with Gasteiger partial charge in [0.15, 0.2) is 0 Å². The van der Waals surface area contributed by atoms with Crippen molar-refractivity contribution in [2.75, 3.05) is 13.2 Å². The van der Waals surface area contributed by atoms with Crippen LogP contribution < -0.4 is 10.4 Å². The van der Waals surface area contributed by atoms with E-state index in [1.165, 1.54) is 5.56 Å². The molecule has 0 spiro atoms. The highest BCUT2D eigenvalue weighted by Crippen LogP contribution is 2.33. The molecule has 0 saturated carbocycles. The molecule has 186 valence electrons. The Balaban J connectivity index is 0.000000331. The van der Waals surface area contributed by atoms with Crippen LogP contribution in [0.15, 0.2) is 48.5 Å². The molecule has 0 fully saturated rings. The maximum absolute atomic E-state index is 15.2. The molecule has 0 bridgehead atoms. The van der Waals surface area contributed by atoms with Gasteiger partial charge in [-0.15, -0.1) is 0 Å². The van der Waals surface area contributed by atoms with Crippen LogP contribution in [0.2, 0.25) is 22.2 Å². The lowest BCUT2D eigenvalue weighted by Gasteiger charge is -2.30. The molecule has 2 rings (SSSR count). The van der Waals surface area contributed by atoms with Gasteiger partial charge in [-0.25, -0.2) is 0 Å². The van der Waals surface area contributed by atoms with Crippen molar-refractivity contribution in [3.8, 4) is 0 Å². The van der Waals surface area contributed by atoms with Crippen LogP contribution >= 0.6 is 0 Å². The molecule has 5 heteroatoms. The standard InChI is InChI=1S/C14H23FOSi.C14H24OSi/c1-11(2)17(15,12(3)4)14-7-5-13(6-8-14)9-10-16;1-11(2)16(12(3)4)14-7-5-13(6-8-14)9-10-15/h5-8,11-12,16H,9-10H2,1-4H3;5-8,11-12,15-16H,9-10H2,1-4H3. The van der Waals surface area contributed by atoms with E-state index in [2.05, 4.69) is 52.0 Å². The molecular weight excluding hydrogens is 443 g/mol. The summed E-state index contributed by atoms with van der Waals surface area (Å²) in [5.41, 5.74) is 4.11. The highest BCUT2D eigenvalue weighted by Gasteiger charge is 2.43. The third kappa shape index (κ3) is 8.46. The Morgan fingerprint density at radius 2 is 1.03 bits per heavy atom. The Morgan fingerprint density at radius 3 is 1.33 bits per heavy atom. The molecule has 0 aromatic heterocycles. The van der Waals surface area contributed by atoms with Crippen molar-refractivity contribution < 1.29 is 14.3 Å². The molecule has 0 amide bonds. The fourth-order valence-electron chi connectivity index (χ4n) is 4.96. The van der Waals surface area contributed by atoms with Gasteiger partial charge in [0.25, 0.3) is 8.41 Å². The van der Waals surface area contributed by atoms with Crippen molar-refractivity contribution >= 4 is 27.6 Å². The van der Waals surface area contributed by atoms with Crippen LogP contribution in [-0.2, 0) is 12.8 Å². The highest BCUT2D eigenvalue weighted by molar-refractivity contribution is 6.88. The molecule has 0 atom stereocenters. The number of aliphatic hydroxyl groups is 2. The van der Waals surface area contributed by atoms with Gasteiger partial charge in [-0.1, -0.05) is 109 Å². The van der Waals surface area contributed by atoms with Gasteiger partial charge in [-0.3, -0.25) is 0 Å². The van der Waals surface area contributed by atoms with E-state index in [-0.39, 0.29) is 24.3 Å². The van der Waals surface area contributed by atoms with E-state index < -0.39 is 17.2 Å². The van der Waals surface area contributed by atoms with E-state index >= 15 is 4.11 Å². The predicted molar refractivity (Wildman–Crippen MR) is 148 cm³/mol.